The molecule has 0 aromatic carbocycles. The molecule has 0 radical (unpaired) electrons. The van der Waals surface area contributed by atoms with Gasteiger partial charge in [-0.05, 0) is 30.9 Å². The molecular weight excluding hydrogens is 252 g/mol. The van der Waals surface area contributed by atoms with Crippen LogP contribution in [0.2, 0.25) is 0 Å². The summed E-state index contributed by atoms with van der Waals surface area (Å²) in [6.45, 7) is 4.03. The third-order valence-corrected chi connectivity index (χ3v) is 3.43. The second kappa shape index (κ2) is 7.24. The van der Waals surface area contributed by atoms with Crippen molar-refractivity contribution in [2.75, 3.05) is 18.0 Å². The number of amides is 1. The molecule has 1 aromatic rings. The summed E-state index contributed by atoms with van der Waals surface area (Å²) in [6.07, 6.45) is 6.56. The zero-order chi connectivity index (χ0) is 14.4. The highest BCUT2D eigenvalue weighted by atomic mass is 16.1. The van der Waals surface area contributed by atoms with Crippen molar-refractivity contribution in [1.29, 1.82) is 0 Å². The van der Waals surface area contributed by atoms with Crippen LogP contribution in [0.15, 0.2) is 18.3 Å². The van der Waals surface area contributed by atoms with E-state index in [1.807, 2.05) is 17.2 Å². The lowest BCUT2D eigenvalue weighted by molar-refractivity contribution is -0.116. The van der Waals surface area contributed by atoms with Crippen LogP contribution in [-0.4, -0.2) is 30.0 Å². The minimum Gasteiger partial charge on any atom is -0.368 e. The summed E-state index contributed by atoms with van der Waals surface area (Å²) in [5, 5.41) is 3.46. The molecule has 0 atom stereocenters. The normalized spacial score (nSPS) is 14.2. The Labute approximate surface area is 120 Å². The van der Waals surface area contributed by atoms with E-state index >= 15 is 0 Å². The number of primary amides is 1. The summed E-state index contributed by atoms with van der Waals surface area (Å²) >= 11 is 0. The molecule has 0 bridgehead atoms. The molecule has 1 saturated carbocycles. The molecule has 1 heterocycles. The second-order valence-electron chi connectivity index (χ2n) is 5.42. The van der Waals surface area contributed by atoms with Crippen molar-refractivity contribution in [3.8, 4) is 0 Å². The van der Waals surface area contributed by atoms with Gasteiger partial charge in [-0.25, -0.2) is 4.98 Å². The molecule has 5 heteroatoms. The van der Waals surface area contributed by atoms with E-state index in [4.69, 9.17) is 5.73 Å². The fourth-order valence-electron chi connectivity index (χ4n) is 2.07. The average Bonchev–Trinajstić information content (AvgIpc) is 3.25. The first-order valence-electron chi connectivity index (χ1n) is 7.40. The van der Waals surface area contributed by atoms with Crippen LogP contribution in [0.3, 0.4) is 0 Å². The van der Waals surface area contributed by atoms with E-state index in [-0.39, 0.29) is 12.5 Å². The summed E-state index contributed by atoms with van der Waals surface area (Å²) in [5.74, 6) is 0.509. The van der Waals surface area contributed by atoms with Gasteiger partial charge in [0.1, 0.15) is 5.82 Å². The summed E-state index contributed by atoms with van der Waals surface area (Å²) in [5.41, 5.74) is 6.48. The Kier molecular flexibility index (Phi) is 5.35. The molecule has 110 valence electrons. The van der Waals surface area contributed by atoms with Crippen molar-refractivity contribution in [3.63, 3.8) is 0 Å². The number of carbonyl (C=O) groups is 1. The third-order valence-electron chi connectivity index (χ3n) is 3.43. The zero-order valence-corrected chi connectivity index (χ0v) is 12.1. The number of unbranched alkanes of at least 4 members (excludes halogenated alkanes) is 1. The first-order valence-corrected chi connectivity index (χ1v) is 7.40. The molecule has 2 rings (SSSR count). The third kappa shape index (κ3) is 4.81. The fourth-order valence-corrected chi connectivity index (χ4v) is 2.07. The fraction of sp³-hybridized carbons (Fsp3) is 0.600. The molecule has 0 saturated heterocycles. The summed E-state index contributed by atoms with van der Waals surface area (Å²) in [6, 6.07) is 4.74. The largest absolute Gasteiger partial charge is 0.368 e. The van der Waals surface area contributed by atoms with Gasteiger partial charge in [-0.3, -0.25) is 4.79 Å². The topological polar surface area (TPSA) is 71.2 Å². The number of anilines is 1. The summed E-state index contributed by atoms with van der Waals surface area (Å²) < 4.78 is 0. The lowest BCUT2D eigenvalue weighted by Crippen LogP contribution is -2.35. The van der Waals surface area contributed by atoms with E-state index in [1.165, 1.54) is 18.4 Å². The standard InChI is InChI=1S/C15H24N4O/c1-2-3-8-19(11-14(16)20)15-7-4-12(10-18-15)9-17-13-5-6-13/h4,7,10,13,17H,2-3,5-6,8-9,11H2,1H3,(H2,16,20). The lowest BCUT2D eigenvalue weighted by atomic mass is 10.2. The predicted molar refractivity (Wildman–Crippen MR) is 80.4 cm³/mol. The molecule has 3 N–H and O–H groups in total. The van der Waals surface area contributed by atoms with Gasteiger partial charge in [-0.15, -0.1) is 0 Å². The number of hydrogen-bond donors (Lipinski definition) is 2. The van der Waals surface area contributed by atoms with Crippen molar-refractivity contribution in [2.24, 2.45) is 5.73 Å². The Bertz CT molecular complexity index is 428. The van der Waals surface area contributed by atoms with Gasteiger partial charge in [0, 0.05) is 25.3 Å². The van der Waals surface area contributed by atoms with E-state index in [1.54, 1.807) is 0 Å². The highest BCUT2D eigenvalue weighted by Crippen LogP contribution is 2.19. The van der Waals surface area contributed by atoms with Gasteiger partial charge in [0.15, 0.2) is 0 Å². The van der Waals surface area contributed by atoms with Crippen molar-refractivity contribution in [2.45, 2.75) is 45.2 Å². The Hall–Kier alpha value is -1.62. The molecule has 0 unspecified atom stereocenters. The Balaban J connectivity index is 1.93. The van der Waals surface area contributed by atoms with Gasteiger partial charge in [-0.1, -0.05) is 19.4 Å². The second-order valence-corrected chi connectivity index (χ2v) is 5.42. The quantitative estimate of drug-likeness (QED) is 0.715. The number of nitrogens with two attached hydrogens (primary N) is 1. The molecule has 0 spiro atoms. The van der Waals surface area contributed by atoms with Crippen molar-refractivity contribution >= 4 is 11.7 Å². The Morgan fingerprint density at radius 2 is 2.30 bits per heavy atom. The molecule has 1 amide bonds. The van der Waals surface area contributed by atoms with Crippen molar-refractivity contribution in [1.82, 2.24) is 10.3 Å². The number of pyridine rings is 1. The first-order chi connectivity index (χ1) is 9.69. The highest BCUT2D eigenvalue weighted by Gasteiger charge is 2.20. The molecule has 20 heavy (non-hydrogen) atoms. The predicted octanol–water partition coefficient (Wildman–Crippen LogP) is 1.43. The average molecular weight is 276 g/mol. The van der Waals surface area contributed by atoms with Crippen molar-refractivity contribution < 1.29 is 4.79 Å². The minimum absolute atomic E-state index is 0.229. The van der Waals surface area contributed by atoms with Crippen LogP contribution in [-0.2, 0) is 11.3 Å². The van der Waals surface area contributed by atoms with E-state index < -0.39 is 0 Å². The van der Waals surface area contributed by atoms with E-state index in [0.29, 0.717) is 6.04 Å². The van der Waals surface area contributed by atoms with Gasteiger partial charge >= 0.3 is 0 Å². The van der Waals surface area contributed by atoms with E-state index in [2.05, 4.69) is 23.3 Å². The number of carbonyl (C=O) groups excluding carboxylic acids is 1. The molecule has 0 aliphatic heterocycles. The van der Waals surface area contributed by atoms with Gasteiger partial charge in [-0.2, -0.15) is 0 Å². The van der Waals surface area contributed by atoms with Crippen LogP contribution < -0.4 is 16.0 Å². The lowest BCUT2D eigenvalue weighted by Gasteiger charge is -2.22. The van der Waals surface area contributed by atoms with Gasteiger partial charge < -0.3 is 16.0 Å². The maximum absolute atomic E-state index is 11.1. The SMILES string of the molecule is CCCCN(CC(N)=O)c1ccc(CNC2CC2)cn1. The van der Waals surface area contributed by atoms with Crippen LogP contribution in [0.4, 0.5) is 5.82 Å². The number of rotatable bonds is 9. The highest BCUT2D eigenvalue weighted by molar-refractivity contribution is 5.79. The Morgan fingerprint density at radius 1 is 1.50 bits per heavy atom. The number of nitrogens with one attached hydrogen (secondary N) is 1. The van der Waals surface area contributed by atoms with Crippen LogP contribution in [0.1, 0.15) is 38.2 Å². The number of nitrogens with zero attached hydrogens (tertiary/aromatic N) is 2. The zero-order valence-electron chi connectivity index (χ0n) is 12.1. The first kappa shape index (κ1) is 14.8. The molecule has 1 aliphatic carbocycles. The number of hydrogen-bond acceptors (Lipinski definition) is 4. The van der Waals surface area contributed by atoms with Crippen molar-refractivity contribution in [3.05, 3.63) is 23.9 Å². The van der Waals surface area contributed by atoms with Crippen LogP contribution in [0, 0.1) is 0 Å². The minimum atomic E-state index is -0.317. The monoisotopic (exact) mass is 276 g/mol. The molecular formula is C15H24N4O. The van der Waals surface area contributed by atoms with Crippen LogP contribution in [0.25, 0.3) is 0 Å². The smallest absolute Gasteiger partial charge is 0.236 e. The molecule has 1 aromatic heterocycles. The Morgan fingerprint density at radius 3 is 2.85 bits per heavy atom. The number of aromatic nitrogens is 1. The summed E-state index contributed by atoms with van der Waals surface area (Å²) in [4.78, 5) is 17.6. The molecule has 1 aliphatic rings. The van der Waals surface area contributed by atoms with Gasteiger partial charge in [0.25, 0.3) is 0 Å². The van der Waals surface area contributed by atoms with Crippen LogP contribution >= 0.6 is 0 Å². The van der Waals surface area contributed by atoms with E-state index in [0.717, 1.165) is 31.7 Å². The maximum Gasteiger partial charge on any atom is 0.236 e. The maximum atomic E-state index is 11.1. The van der Waals surface area contributed by atoms with E-state index in [9.17, 15) is 4.79 Å². The molecule has 5 nitrogen and oxygen atoms in total. The van der Waals surface area contributed by atoms with Gasteiger partial charge in [0.2, 0.25) is 5.91 Å². The van der Waals surface area contributed by atoms with Crippen LogP contribution in [0.5, 0.6) is 0 Å². The summed E-state index contributed by atoms with van der Waals surface area (Å²) in [7, 11) is 0. The molecule has 1 fully saturated rings. The van der Waals surface area contributed by atoms with Gasteiger partial charge in [0.05, 0.1) is 6.54 Å².